The molecule has 1 aliphatic carbocycles. The molecule has 0 spiro atoms. The first-order valence-corrected chi connectivity index (χ1v) is 9.01. The summed E-state index contributed by atoms with van der Waals surface area (Å²) in [5, 5.41) is 5.30. The predicted octanol–water partition coefficient (Wildman–Crippen LogP) is 3.27. The number of nitrogens with zero attached hydrogens (tertiary/aromatic N) is 2. The molecular weight excluding hydrogens is 314 g/mol. The zero-order valence-corrected chi connectivity index (χ0v) is 14.5. The van der Waals surface area contributed by atoms with Crippen molar-refractivity contribution in [2.75, 3.05) is 26.2 Å². The van der Waals surface area contributed by atoms with Gasteiger partial charge in [-0.2, -0.15) is 0 Å². The van der Waals surface area contributed by atoms with Crippen molar-refractivity contribution >= 4 is 28.9 Å². The van der Waals surface area contributed by atoms with E-state index in [0.717, 1.165) is 42.9 Å². The van der Waals surface area contributed by atoms with Crippen molar-refractivity contribution in [3.63, 3.8) is 0 Å². The van der Waals surface area contributed by atoms with Crippen LogP contribution in [0.3, 0.4) is 0 Å². The van der Waals surface area contributed by atoms with Crippen LogP contribution < -0.4 is 5.32 Å². The lowest BCUT2D eigenvalue weighted by Gasteiger charge is -2.37. The molecule has 2 aliphatic rings. The van der Waals surface area contributed by atoms with Crippen molar-refractivity contribution in [3.8, 4) is 0 Å². The van der Waals surface area contributed by atoms with Crippen LogP contribution in [0.4, 0.5) is 0 Å². The van der Waals surface area contributed by atoms with Gasteiger partial charge in [-0.1, -0.05) is 36.6 Å². The van der Waals surface area contributed by atoms with Crippen molar-refractivity contribution < 1.29 is 0 Å². The van der Waals surface area contributed by atoms with E-state index >= 15 is 0 Å². The zero-order valence-electron chi connectivity index (χ0n) is 12.9. The van der Waals surface area contributed by atoms with E-state index < -0.39 is 0 Å². The molecule has 3 rings (SSSR count). The highest BCUT2D eigenvalue weighted by molar-refractivity contribution is 7.80. The Labute approximate surface area is 143 Å². The summed E-state index contributed by atoms with van der Waals surface area (Å²) < 4.78 is 0. The number of halogens is 1. The maximum absolute atomic E-state index is 5.94. The lowest BCUT2D eigenvalue weighted by molar-refractivity contribution is 0.174. The first-order chi connectivity index (χ1) is 10.7. The fourth-order valence-electron chi connectivity index (χ4n) is 3.29. The fraction of sp³-hybridized carbons (Fsp3) is 0.588. The third kappa shape index (κ3) is 4.34. The molecule has 1 aromatic rings. The van der Waals surface area contributed by atoms with E-state index in [1.165, 1.54) is 31.2 Å². The van der Waals surface area contributed by atoms with Crippen molar-refractivity contribution in [2.24, 2.45) is 0 Å². The monoisotopic (exact) mass is 337 g/mol. The molecule has 3 nitrogen and oxygen atoms in total. The number of hydrogen-bond acceptors (Lipinski definition) is 2. The normalized spacial score (nSPS) is 20.3. The summed E-state index contributed by atoms with van der Waals surface area (Å²) in [6.45, 7) is 5.16. The second kappa shape index (κ2) is 7.62. The van der Waals surface area contributed by atoms with Gasteiger partial charge in [0.05, 0.1) is 0 Å². The van der Waals surface area contributed by atoms with Gasteiger partial charge < -0.3 is 10.2 Å². The molecule has 1 saturated heterocycles. The minimum atomic E-state index is 0.611. The summed E-state index contributed by atoms with van der Waals surface area (Å²) in [4.78, 5) is 4.81. The smallest absolute Gasteiger partial charge is 0.169 e. The lowest BCUT2D eigenvalue weighted by Crippen LogP contribution is -2.52. The summed E-state index contributed by atoms with van der Waals surface area (Å²) in [7, 11) is 0. The number of thiocarbonyl (C=S) groups is 1. The zero-order chi connectivity index (χ0) is 15.4. The van der Waals surface area contributed by atoms with Gasteiger partial charge >= 0.3 is 0 Å². The molecule has 120 valence electrons. The Morgan fingerprint density at radius 2 is 1.73 bits per heavy atom. The molecule has 0 atom stereocenters. The van der Waals surface area contributed by atoms with E-state index in [0.29, 0.717) is 6.04 Å². The third-order valence-corrected chi connectivity index (χ3v) is 5.29. The first kappa shape index (κ1) is 16.0. The van der Waals surface area contributed by atoms with Crippen molar-refractivity contribution in [1.82, 2.24) is 15.1 Å². The van der Waals surface area contributed by atoms with Crippen LogP contribution >= 0.6 is 23.8 Å². The highest BCUT2D eigenvalue weighted by Crippen LogP contribution is 2.18. The summed E-state index contributed by atoms with van der Waals surface area (Å²) in [5.74, 6) is 0. The largest absolute Gasteiger partial charge is 0.360 e. The molecule has 1 aliphatic heterocycles. The van der Waals surface area contributed by atoms with Crippen LogP contribution in [0.2, 0.25) is 5.02 Å². The summed E-state index contributed by atoms with van der Waals surface area (Å²) >= 11 is 11.5. The topological polar surface area (TPSA) is 18.5 Å². The van der Waals surface area contributed by atoms with Crippen LogP contribution in [0.15, 0.2) is 24.3 Å². The predicted molar refractivity (Wildman–Crippen MR) is 96.3 cm³/mol. The molecule has 22 heavy (non-hydrogen) atoms. The van der Waals surface area contributed by atoms with Gasteiger partial charge in [-0.3, -0.25) is 4.90 Å². The van der Waals surface area contributed by atoms with Crippen LogP contribution in [0.1, 0.15) is 31.2 Å². The number of hydrogen-bond donors (Lipinski definition) is 1. The molecule has 0 radical (unpaired) electrons. The molecule has 0 amide bonds. The van der Waals surface area contributed by atoms with E-state index in [1.807, 2.05) is 12.1 Å². The summed E-state index contributed by atoms with van der Waals surface area (Å²) in [6, 6.07) is 8.77. The van der Waals surface area contributed by atoms with Crippen LogP contribution in [0.25, 0.3) is 0 Å². The molecule has 0 bridgehead atoms. The minimum Gasteiger partial charge on any atom is -0.360 e. The van der Waals surface area contributed by atoms with Crippen LogP contribution in [0, 0.1) is 0 Å². The molecule has 2 fully saturated rings. The molecule has 1 N–H and O–H groups in total. The number of benzene rings is 1. The van der Waals surface area contributed by atoms with Gasteiger partial charge in [0.2, 0.25) is 0 Å². The van der Waals surface area contributed by atoms with E-state index in [4.69, 9.17) is 23.8 Å². The van der Waals surface area contributed by atoms with Crippen molar-refractivity contribution in [2.45, 2.75) is 38.3 Å². The Balaban J connectivity index is 1.43. The quantitative estimate of drug-likeness (QED) is 0.853. The standard InChI is InChI=1S/C17H24ClN3S/c18-15-7-5-14(6-8-15)13-20-9-11-21(12-10-20)17(22)19-16-3-1-2-4-16/h5-8,16H,1-4,9-13H2,(H,19,22). The maximum atomic E-state index is 5.94. The van der Waals surface area contributed by atoms with Gasteiger partial charge in [0.25, 0.3) is 0 Å². The van der Waals surface area contributed by atoms with E-state index in [2.05, 4.69) is 27.2 Å². The minimum absolute atomic E-state index is 0.611. The Hall–Kier alpha value is -0.840. The average Bonchev–Trinajstić information content (AvgIpc) is 3.03. The van der Waals surface area contributed by atoms with E-state index in [-0.39, 0.29) is 0 Å². The molecule has 5 heteroatoms. The number of piperazine rings is 1. The van der Waals surface area contributed by atoms with E-state index in [9.17, 15) is 0 Å². The fourth-order valence-corrected chi connectivity index (χ4v) is 3.77. The van der Waals surface area contributed by atoms with E-state index in [1.54, 1.807) is 0 Å². The second-order valence-corrected chi connectivity index (χ2v) is 7.14. The molecule has 1 saturated carbocycles. The lowest BCUT2D eigenvalue weighted by atomic mass is 10.2. The molecule has 1 heterocycles. The van der Waals surface area contributed by atoms with Crippen molar-refractivity contribution in [3.05, 3.63) is 34.9 Å². The molecule has 0 aromatic heterocycles. The molecule has 0 unspecified atom stereocenters. The Bertz CT molecular complexity index is 491. The Morgan fingerprint density at radius 3 is 2.36 bits per heavy atom. The van der Waals surface area contributed by atoms with Crippen molar-refractivity contribution in [1.29, 1.82) is 0 Å². The van der Waals surface area contributed by atoms with Gasteiger partial charge in [0.1, 0.15) is 0 Å². The summed E-state index contributed by atoms with van der Waals surface area (Å²) in [6.07, 6.45) is 5.23. The summed E-state index contributed by atoms with van der Waals surface area (Å²) in [5.41, 5.74) is 1.32. The first-order valence-electron chi connectivity index (χ1n) is 8.23. The Morgan fingerprint density at radius 1 is 1.09 bits per heavy atom. The number of rotatable bonds is 3. The van der Waals surface area contributed by atoms with Gasteiger partial charge in [-0.05, 0) is 42.8 Å². The average molecular weight is 338 g/mol. The Kier molecular flexibility index (Phi) is 5.55. The molecule has 1 aromatic carbocycles. The van der Waals surface area contributed by atoms with Gasteiger partial charge in [-0.25, -0.2) is 0 Å². The van der Waals surface area contributed by atoms with Gasteiger partial charge in [0, 0.05) is 43.8 Å². The number of nitrogens with one attached hydrogen (secondary N) is 1. The highest BCUT2D eigenvalue weighted by atomic mass is 35.5. The highest BCUT2D eigenvalue weighted by Gasteiger charge is 2.22. The van der Waals surface area contributed by atoms with Crippen LogP contribution in [-0.2, 0) is 6.54 Å². The van der Waals surface area contributed by atoms with Gasteiger partial charge in [-0.15, -0.1) is 0 Å². The van der Waals surface area contributed by atoms with Crippen LogP contribution in [-0.4, -0.2) is 47.1 Å². The van der Waals surface area contributed by atoms with Gasteiger partial charge in [0.15, 0.2) is 5.11 Å². The maximum Gasteiger partial charge on any atom is 0.169 e. The molecular formula is C17H24ClN3S. The second-order valence-electron chi connectivity index (χ2n) is 6.32. The third-order valence-electron chi connectivity index (χ3n) is 4.66. The van der Waals surface area contributed by atoms with Crippen LogP contribution in [0.5, 0.6) is 0 Å². The SMILES string of the molecule is S=C(NC1CCCC1)N1CCN(Cc2ccc(Cl)cc2)CC1.